The van der Waals surface area contributed by atoms with E-state index in [4.69, 9.17) is 4.74 Å². The normalized spacial score (nSPS) is 13.1. The van der Waals surface area contributed by atoms with Gasteiger partial charge in [-0.05, 0) is 42.3 Å². The van der Waals surface area contributed by atoms with Crippen LogP contribution >= 0.6 is 0 Å². The number of carbonyl (C=O) groups is 2. The fraction of sp³-hybridized carbons (Fsp3) is 0.300. The molecule has 0 unspecified atom stereocenters. The highest BCUT2D eigenvalue weighted by atomic mass is 32.2. The predicted octanol–water partition coefficient (Wildman–Crippen LogP) is 2.41. The molecule has 0 aliphatic carbocycles. The molecule has 28 heavy (non-hydrogen) atoms. The first-order chi connectivity index (χ1) is 13.3. The molecule has 1 aliphatic heterocycles. The molecule has 7 nitrogen and oxygen atoms in total. The van der Waals surface area contributed by atoms with Crippen molar-refractivity contribution in [2.45, 2.75) is 24.7 Å². The van der Waals surface area contributed by atoms with Crippen LogP contribution in [-0.4, -0.2) is 39.6 Å². The van der Waals surface area contributed by atoms with Crippen LogP contribution in [0.1, 0.15) is 18.9 Å². The Hall–Kier alpha value is -2.87. The number of anilines is 2. The third-order valence-electron chi connectivity index (χ3n) is 4.64. The molecule has 0 radical (unpaired) electrons. The topological polar surface area (TPSA) is 92.8 Å². The van der Waals surface area contributed by atoms with E-state index in [1.54, 1.807) is 41.3 Å². The molecule has 0 fully saturated rings. The number of sulfone groups is 1. The second kappa shape index (κ2) is 8.02. The summed E-state index contributed by atoms with van der Waals surface area (Å²) in [7, 11) is -2.08. The largest absolute Gasteiger partial charge is 0.497 e. The minimum absolute atomic E-state index is 0.0661. The van der Waals surface area contributed by atoms with Crippen molar-refractivity contribution in [1.29, 1.82) is 0 Å². The molecule has 148 valence electrons. The molecule has 0 atom stereocenters. The molecule has 0 aromatic heterocycles. The highest BCUT2D eigenvalue weighted by Crippen LogP contribution is 2.30. The van der Waals surface area contributed by atoms with Crippen molar-refractivity contribution < 1.29 is 22.7 Å². The van der Waals surface area contributed by atoms with Gasteiger partial charge in [-0.1, -0.05) is 6.07 Å². The molecule has 1 aliphatic rings. The highest BCUT2D eigenvalue weighted by Gasteiger charge is 2.25. The van der Waals surface area contributed by atoms with E-state index >= 15 is 0 Å². The van der Waals surface area contributed by atoms with Crippen LogP contribution in [0.4, 0.5) is 11.4 Å². The number of hydrogen-bond donors (Lipinski definition) is 1. The van der Waals surface area contributed by atoms with Crippen LogP contribution < -0.4 is 15.0 Å². The number of fused-ring (bicyclic) bond motifs is 1. The Morgan fingerprint density at radius 1 is 1.18 bits per heavy atom. The molecule has 2 amide bonds. The molecule has 8 heteroatoms. The van der Waals surface area contributed by atoms with Crippen LogP contribution in [0.2, 0.25) is 0 Å². The molecule has 0 bridgehead atoms. The zero-order valence-electron chi connectivity index (χ0n) is 15.8. The lowest BCUT2D eigenvalue weighted by molar-refractivity contribution is -0.117. The molecular formula is C20H22N2O5S. The summed E-state index contributed by atoms with van der Waals surface area (Å²) in [5.74, 6) is -0.148. The maximum atomic E-state index is 12.6. The van der Waals surface area contributed by atoms with Crippen LogP contribution in [0.15, 0.2) is 47.4 Å². The SMILES string of the molecule is COc1cccc(NC(=O)CCS(=O)(=O)c2ccc3c(c2)CCN3C(C)=O)c1. The van der Waals surface area contributed by atoms with Crippen molar-refractivity contribution in [3.8, 4) is 5.75 Å². The van der Waals surface area contributed by atoms with E-state index in [2.05, 4.69) is 5.32 Å². The Bertz CT molecular complexity index is 1020. The maximum Gasteiger partial charge on any atom is 0.225 e. The predicted molar refractivity (Wildman–Crippen MR) is 106 cm³/mol. The summed E-state index contributed by atoms with van der Waals surface area (Å²) in [4.78, 5) is 25.6. The Morgan fingerprint density at radius 2 is 1.96 bits per heavy atom. The molecule has 2 aromatic carbocycles. The van der Waals surface area contributed by atoms with Crippen LogP contribution in [0.3, 0.4) is 0 Å². The first kappa shape index (κ1) is 19.9. The Morgan fingerprint density at radius 3 is 2.68 bits per heavy atom. The van der Waals surface area contributed by atoms with Gasteiger partial charge in [-0.2, -0.15) is 0 Å². The summed E-state index contributed by atoms with van der Waals surface area (Å²) in [6.07, 6.45) is 0.463. The fourth-order valence-corrected chi connectivity index (χ4v) is 4.45. The van der Waals surface area contributed by atoms with Crippen LogP contribution in [0.25, 0.3) is 0 Å². The number of nitrogens with zero attached hydrogens (tertiary/aromatic N) is 1. The van der Waals surface area contributed by atoms with Crippen molar-refractivity contribution in [3.05, 3.63) is 48.0 Å². The summed E-state index contributed by atoms with van der Waals surface area (Å²) in [5.41, 5.74) is 2.13. The van der Waals surface area contributed by atoms with E-state index in [-0.39, 0.29) is 28.9 Å². The van der Waals surface area contributed by atoms with Crippen molar-refractivity contribution in [2.24, 2.45) is 0 Å². The minimum atomic E-state index is -3.61. The number of ether oxygens (including phenoxy) is 1. The Labute approximate surface area is 164 Å². The van der Waals surface area contributed by atoms with Gasteiger partial charge in [0.15, 0.2) is 9.84 Å². The molecule has 0 spiro atoms. The minimum Gasteiger partial charge on any atom is -0.497 e. The summed E-state index contributed by atoms with van der Waals surface area (Å²) in [6, 6.07) is 11.6. The summed E-state index contributed by atoms with van der Waals surface area (Å²) < 4.78 is 30.3. The maximum absolute atomic E-state index is 12.6. The fourth-order valence-electron chi connectivity index (χ4n) is 3.17. The van der Waals surface area contributed by atoms with Gasteiger partial charge >= 0.3 is 0 Å². The lowest BCUT2D eigenvalue weighted by atomic mass is 10.2. The zero-order valence-corrected chi connectivity index (χ0v) is 16.6. The average Bonchev–Trinajstić information content (AvgIpc) is 3.10. The smallest absolute Gasteiger partial charge is 0.225 e. The quantitative estimate of drug-likeness (QED) is 0.801. The van der Waals surface area contributed by atoms with Crippen molar-refractivity contribution in [1.82, 2.24) is 0 Å². The lowest BCUT2D eigenvalue weighted by Crippen LogP contribution is -2.25. The third-order valence-corrected chi connectivity index (χ3v) is 6.35. The average molecular weight is 402 g/mol. The highest BCUT2D eigenvalue weighted by molar-refractivity contribution is 7.91. The number of carbonyl (C=O) groups excluding carboxylic acids is 2. The van der Waals surface area contributed by atoms with E-state index in [1.165, 1.54) is 20.1 Å². The van der Waals surface area contributed by atoms with Crippen molar-refractivity contribution >= 4 is 33.0 Å². The number of hydrogen-bond acceptors (Lipinski definition) is 5. The second-order valence-corrected chi connectivity index (χ2v) is 8.67. The van der Waals surface area contributed by atoms with Crippen LogP contribution in [-0.2, 0) is 25.8 Å². The first-order valence-electron chi connectivity index (χ1n) is 8.88. The molecule has 0 saturated carbocycles. The number of nitrogens with one attached hydrogen (secondary N) is 1. The molecule has 3 rings (SSSR count). The third kappa shape index (κ3) is 4.33. The number of benzene rings is 2. The van der Waals surface area contributed by atoms with Gasteiger partial charge in [0.25, 0.3) is 0 Å². The van der Waals surface area contributed by atoms with Gasteiger partial charge in [-0.25, -0.2) is 8.42 Å². The van der Waals surface area contributed by atoms with Gasteiger partial charge in [0.1, 0.15) is 5.75 Å². The summed E-state index contributed by atoms with van der Waals surface area (Å²) in [6.45, 7) is 2.04. The molecule has 2 aromatic rings. The van der Waals surface area contributed by atoms with E-state index in [0.717, 1.165) is 11.3 Å². The standard InChI is InChI=1S/C20H22N2O5S/c1-14(23)22-10-8-15-12-18(6-7-19(15)22)28(25,26)11-9-20(24)21-16-4-3-5-17(13-16)27-2/h3-7,12-13H,8-11H2,1-2H3,(H,21,24). The van der Waals surface area contributed by atoms with Gasteiger partial charge in [0.05, 0.1) is 17.8 Å². The molecule has 1 N–H and O–H groups in total. The monoisotopic (exact) mass is 402 g/mol. The lowest BCUT2D eigenvalue weighted by Gasteiger charge is -2.15. The number of amides is 2. The van der Waals surface area contributed by atoms with Crippen LogP contribution in [0, 0.1) is 0 Å². The van der Waals surface area contributed by atoms with E-state index < -0.39 is 9.84 Å². The van der Waals surface area contributed by atoms with Gasteiger partial charge in [-0.3, -0.25) is 9.59 Å². The summed E-state index contributed by atoms with van der Waals surface area (Å²) in [5, 5.41) is 2.67. The number of rotatable bonds is 6. The van der Waals surface area contributed by atoms with Crippen LogP contribution in [0.5, 0.6) is 5.75 Å². The second-order valence-electron chi connectivity index (χ2n) is 6.56. The summed E-state index contributed by atoms with van der Waals surface area (Å²) >= 11 is 0. The van der Waals surface area contributed by atoms with E-state index in [1.807, 2.05) is 0 Å². The molecular weight excluding hydrogens is 380 g/mol. The van der Waals surface area contributed by atoms with Gasteiger partial charge < -0.3 is 15.0 Å². The van der Waals surface area contributed by atoms with Gasteiger partial charge in [0, 0.05) is 37.3 Å². The van der Waals surface area contributed by atoms with Gasteiger partial charge in [-0.15, -0.1) is 0 Å². The molecule has 1 heterocycles. The van der Waals surface area contributed by atoms with Crippen molar-refractivity contribution in [3.63, 3.8) is 0 Å². The van der Waals surface area contributed by atoms with E-state index in [0.29, 0.717) is 24.4 Å². The van der Waals surface area contributed by atoms with Gasteiger partial charge in [0.2, 0.25) is 11.8 Å². The van der Waals surface area contributed by atoms with Crippen molar-refractivity contribution in [2.75, 3.05) is 29.6 Å². The zero-order chi connectivity index (χ0) is 20.3. The Kier molecular flexibility index (Phi) is 5.69. The first-order valence-corrected chi connectivity index (χ1v) is 10.5. The number of methoxy groups -OCH3 is 1. The Balaban J connectivity index is 1.65. The van der Waals surface area contributed by atoms with E-state index in [9.17, 15) is 18.0 Å². The molecule has 0 saturated heterocycles.